The third-order valence-electron chi connectivity index (χ3n) is 2.83. The molecular weight excluding hydrogens is 162 g/mol. The van der Waals surface area contributed by atoms with E-state index in [-0.39, 0.29) is 0 Å². The minimum atomic E-state index is 0.486. The lowest BCUT2D eigenvalue weighted by atomic mass is 10.1. The molecule has 1 unspecified atom stereocenters. The van der Waals surface area contributed by atoms with Gasteiger partial charge in [0.2, 0.25) is 0 Å². The Balaban J connectivity index is 2.06. The van der Waals surface area contributed by atoms with Gasteiger partial charge in [-0.15, -0.1) is 0 Å². The van der Waals surface area contributed by atoms with Gasteiger partial charge in [0.1, 0.15) is 0 Å². The maximum absolute atomic E-state index is 4.19. The summed E-state index contributed by atoms with van der Waals surface area (Å²) in [5.41, 5.74) is 1.30. The van der Waals surface area contributed by atoms with E-state index >= 15 is 0 Å². The number of hydrogen-bond donors (Lipinski definition) is 1. The third-order valence-corrected chi connectivity index (χ3v) is 2.83. The van der Waals surface area contributed by atoms with Crippen LogP contribution in [0, 0.1) is 5.92 Å². The fourth-order valence-corrected chi connectivity index (χ4v) is 1.80. The molecule has 1 fully saturated rings. The molecule has 72 valence electrons. The minimum absolute atomic E-state index is 0.486. The normalized spacial score (nSPS) is 18.9. The standard InChI is InChI=1S/C10H17N3/c1-11-9(7-8-3-4-8)10-5-6-12-13(10)2/h5-6,8-9,11H,3-4,7H2,1-2H3. The van der Waals surface area contributed by atoms with Gasteiger partial charge in [-0.05, 0) is 25.5 Å². The van der Waals surface area contributed by atoms with Gasteiger partial charge in [0.05, 0.1) is 5.69 Å². The topological polar surface area (TPSA) is 29.9 Å². The Hall–Kier alpha value is -0.830. The number of nitrogens with zero attached hydrogens (tertiary/aromatic N) is 2. The highest BCUT2D eigenvalue weighted by atomic mass is 15.3. The molecule has 0 saturated heterocycles. The first-order valence-corrected chi connectivity index (χ1v) is 4.96. The predicted molar refractivity (Wildman–Crippen MR) is 52.3 cm³/mol. The quantitative estimate of drug-likeness (QED) is 0.758. The van der Waals surface area contributed by atoms with Crippen molar-refractivity contribution in [2.45, 2.75) is 25.3 Å². The first kappa shape index (κ1) is 8.75. The van der Waals surface area contributed by atoms with Gasteiger partial charge in [0, 0.05) is 19.3 Å². The molecular formula is C10H17N3. The second-order valence-corrected chi connectivity index (χ2v) is 3.90. The zero-order valence-corrected chi connectivity index (χ0v) is 8.33. The molecule has 1 N–H and O–H groups in total. The summed E-state index contributed by atoms with van der Waals surface area (Å²) in [6.07, 6.45) is 5.95. The van der Waals surface area contributed by atoms with Crippen LogP contribution in [-0.4, -0.2) is 16.8 Å². The van der Waals surface area contributed by atoms with Crippen molar-refractivity contribution in [3.8, 4) is 0 Å². The van der Waals surface area contributed by atoms with E-state index in [4.69, 9.17) is 0 Å². The van der Waals surface area contributed by atoms with Gasteiger partial charge in [0.15, 0.2) is 0 Å². The number of rotatable bonds is 4. The highest BCUT2D eigenvalue weighted by molar-refractivity contribution is 5.07. The highest BCUT2D eigenvalue weighted by Gasteiger charge is 2.26. The summed E-state index contributed by atoms with van der Waals surface area (Å²) < 4.78 is 1.96. The van der Waals surface area contributed by atoms with Crippen LogP contribution in [0.15, 0.2) is 12.3 Å². The Morgan fingerprint density at radius 3 is 2.92 bits per heavy atom. The molecule has 1 aliphatic carbocycles. The van der Waals surface area contributed by atoms with Gasteiger partial charge in [-0.1, -0.05) is 12.8 Å². The van der Waals surface area contributed by atoms with Crippen molar-refractivity contribution in [2.75, 3.05) is 7.05 Å². The molecule has 1 aliphatic rings. The van der Waals surface area contributed by atoms with Crippen molar-refractivity contribution in [2.24, 2.45) is 13.0 Å². The van der Waals surface area contributed by atoms with Crippen molar-refractivity contribution >= 4 is 0 Å². The van der Waals surface area contributed by atoms with Crippen LogP contribution in [0.5, 0.6) is 0 Å². The molecule has 3 nitrogen and oxygen atoms in total. The Labute approximate surface area is 79.1 Å². The molecule has 13 heavy (non-hydrogen) atoms. The van der Waals surface area contributed by atoms with Gasteiger partial charge < -0.3 is 5.32 Å². The molecule has 1 aromatic heterocycles. The molecule has 3 heteroatoms. The fraction of sp³-hybridized carbons (Fsp3) is 0.700. The molecule has 0 spiro atoms. The van der Waals surface area contributed by atoms with E-state index < -0.39 is 0 Å². The monoisotopic (exact) mass is 179 g/mol. The fourth-order valence-electron chi connectivity index (χ4n) is 1.80. The molecule has 1 saturated carbocycles. The lowest BCUT2D eigenvalue weighted by Crippen LogP contribution is -2.19. The third kappa shape index (κ3) is 1.91. The van der Waals surface area contributed by atoms with Crippen LogP contribution >= 0.6 is 0 Å². The summed E-state index contributed by atoms with van der Waals surface area (Å²) in [6.45, 7) is 0. The summed E-state index contributed by atoms with van der Waals surface area (Å²) in [6, 6.07) is 2.59. The van der Waals surface area contributed by atoms with E-state index in [0.717, 1.165) is 5.92 Å². The maximum Gasteiger partial charge on any atom is 0.0550 e. The summed E-state index contributed by atoms with van der Waals surface area (Å²) in [5, 5.41) is 7.55. The molecule has 1 heterocycles. The van der Waals surface area contributed by atoms with E-state index in [1.165, 1.54) is 25.0 Å². The van der Waals surface area contributed by atoms with Crippen LogP contribution in [0.4, 0.5) is 0 Å². The first-order valence-electron chi connectivity index (χ1n) is 4.96. The van der Waals surface area contributed by atoms with Crippen LogP contribution in [0.1, 0.15) is 31.0 Å². The second kappa shape index (κ2) is 3.50. The molecule has 1 aromatic rings. The number of nitrogens with one attached hydrogen (secondary N) is 1. The molecule has 1 atom stereocenters. The summed E-state index contributed by atoms with van der Waals surface area (Å²) in [5.74, 6) is 0.951. The van der Waals surface area contributed by atoms with E-state index in [1.807, 2.05) is 25.0 Å². The van der Waals surface area contributed by atoms with Crippen molar-refractivity contribution in [1.82, 2.24) is 15.1 Å². The largest absolute Gasteiger partial charge is 0.312 e. The number of hydrogen-bond acceptors (Lipinski definition) is 2. The van der Waals surface area contributed by atoms with Crippen LogP contribution in [-0.2, 0) is 7.05 Å². The first-order chi connectivity index (χ1) is 6.31. The lowest BCUT2D eigenvalue weighted by molar-refractivity contribution is 0.480. The Bertz CT molecular complexity index is 275. The summed E-state index contributed by atoms with van der Waals surface area (Å²) in [7, 11) is 4.03. The van der Waals surface area contributed by atoms with Gasteiger partial charge in [-0.3, -0.25) is 4.68 Å². The van der Waals surface area contributed by atoms with Gasteiger partial charge in [0.25, 0.3) is 0 Å². The van der Waals surface area contributed by atoms with Crippen molar-refractivity contribution in [3.05, 3.63) is 18.0 Å². The molecule has 2 rings (SSSR count). The van der Waals surface area contributed by atoms with Gasteiger partial charge in [-0.2, -0.15) is 5.10 Å². The molecule has 0 bridgehead atoms. The zero-order valence-electron chi connectivity index (χ0n) is 8.33. The molecule has 0 amide bonds. The van der Waals surface area contributed by atoms with Crippen molar-refractivity contribution in [3.63, 3.8) is 0 Å². The van der Waals surface area contributed by atoms with E-state index in [2.05, 4.69) is 16.5 Å². The molecule has 0 radical (unpaired) electrons. The summed E-state index contributed by atoms with van der Waals surface area (Å²) in [4.78, 5) is 0. The number of aryl methyl sites for hydroxylation is 1. The lowest BCUT2D eigenvalue weighted by Gasteiger charge is -2.15. The Morgan fingerprint density at radius 1 is 1.69 bits per heavy atom. The van der Waals surface area contributed by atoms with E-state index in [1.54, 1.807) is 0 Å². The molecule has 0 aromatic carbocycles. The average molecular weight is 179 g/mol. The smallest absolute Gasteiger partial charge is 0.0550 e. The van der Waals surface area contributed by atoms with Gasteiger partial charge in [-0.25, -0.2) is 0 Å². The predicted octanol–water partition coefficient (Wildman–Crippen LogP) is 1.48. The summed E-state index contributed by atoms with van der Waals surface area (Å²) >= 11 is 0. The van der Waals surface area contributed by atoms with Gasteiger partial charge >= 0.3 is 0 Å². The minimum Gasteiger partial charge on any atom is -0.312 e. The second-order valence-electron chi connectivity index (χ2n) is 3.90. The van der Waals surface area contributed by atoms with E-state index in [0.29, 0.717) is 6.04 Å². The highest BCUT2D eigenvalue weighted by Crippen LogP contribution is 2.37. The van der Waals surface area contributed by atoms with Crippen molar-refractivity contribution < 1.29 is 0 Å². The maximum atomic E-state index is 4.19. The molecule has 0 aliphatic heterocycles. The Kier molecular flexibility index (Phi) is 2.36. The SMILES string of the molecule is CNC(CC1CC1)c1ccnn1C. The van der Waals surface area contributed by atoms with Crippen LogP contribution in [0.3, 0.4) is 0 Å². The number of aromatic nitrogens is 2. The Morgan fingerprint density at radius 2 is 2.46 bits per heavy atom. The van der Waals surface area contributed by atoms with Crippen LogP contribution in [0.2, 0.25) is 0 Å². The van der Waals surface area contributed by atoms with E-state index in [9.17, 15) is 0 Å². The van der Waals surface area contributed by atoms with Crippen LogP contribution in [0.25, 0.3) is 0 Å². The zero-order chi connectivity index (χ0) is 9.26. The average Bonchev–Trinajstić information content (AvgIpc) is 2.85. The van der Waals surface area contributed by atoms with Crippen molar-refractivity contribution in [1.29, 1.82) is 0 Å². The van der Waals surface area contributed by atoms with Crippen LogP contribution < -0.4 is 5.32 Å².